The lowest BCUT2D eigenvalue weighted by atomic mass is 10.0. The van der Waals surface area contributed by atoms with Gasteiger partial charge in [-0.15, -0.1) is 0 Å². The van der Waals surface area contributed by atoms with Crippen LogP contribution in [0.15, 0.2) is 28.0 Å². The molecule has 1 aliphatic rings. The van der Waals surface area contributed by atoms with Gasteiger partial charge in [0.05, 0.1) is 12.4 Å². The average molecular weight is 327 g/mol. The van der Waals surface area contributed by atoms with Crippen LogP contribution in [-0.4, -0.2) is 42.1 Å². The van der Waals surface area contributed by atoms with Crippen molar-refractivity contribution in [3.63, 3.8) is 0 Å². The molecule has 3 amide bonds. The summed E-state index contributed by atoms with van der Waals surface area (Å²) in [6.07, 6.45) is -0.210. The van der Waals surface area contributed by atoms with Crippen LogP contribution in [0.5, 0.6) is 0 Å². The summed E-state index contributed by atoms with van der Waals surface area (Å²) in [4.78, 5) is 39.7. The van der Waals surface area contributed by atoms with Crippen LogP contribution in [0.1, 0.15) is 19.6 Å². The lowest BCUT2D eigenvalue weighted by Crippen LogP contribution is -2.70. The maximum atomic E-state index is 14.9. The Balaban J connectivity index is 2.19. The standard InChI is InChI=1S/C13H14FN3O6/c1-7(2)22-11(19)13(14)9(18)16-12(20)17-10(13)23-15-6-8-4-3-5-21-8/h3-7,10H,1-2H3,(H2,16,17,18,20). The number of amides is 3. The highest BCUT2D eigenvalue weighted by atomic mass is 19.1. The number of alkyl halides is 1. The van der Waals surface area contributed by atoms with Gasteiger partial charge in [0.15, 0.2) is 0 Å². The number of urea groups is 1. The van der Waals surface area contributed by atoms with Crippen LogP contribution in [0.25, 0.3) is 0 Å². The molecule has 0 aliphatic carbocycles. The number of hydrogen-bond donors (Lipinski definition) is 2. The highest BCUT2D eigenvalue weighted by molar-refractivity contribution is 6.14. The van der Waals surface area contributed by atoms with Crippen LogP contribution >= 0.6 is 0 Å². The van der Waals surface area contributed by atoms with Gasteiger partial charge in [-0.1, -0.05) is 5.16 Å². The van der Waals surface area contributed by atoms with Crippen molar-refractivity contribution in [2.24, 2.45) is 5.16 Å². The molecule has 1 saturated heterocycles. The van der Waals surface area contributed by atoms with Gasteiger partial charge in [-0.2, -0.15) is 0 Å². The lowest BCUT2D eigenvalue weighted by molar-refractivity contribution is -0.182. The number of carbonyl (C=O) groups excluding carboxylic acids is 3. The van der Waals surface area contributed by atoms with Gasteiger partial charge < -0.3 is 14.0 Å². The van der Waals surface area contributed by atoms with E-state index in [0.717, 1.165) is 6.21 Å². The van der Waals surface area contributed by atoms with Crippen LogP contribution in [0.4, 0.5) is 9.18 Å². The summed E-state index contributed by atoms with van der Waals surface area (Å²) in [5, 5.41) is 7.00. The van der Waals surface area contributed by atoms with Crippen LogP contribution < -0.4 is 10.6 Å². The first-order chi connectivity index (χ1) is 10.8. The summed E-state index contributed by atoms with van der Waals surface area (Å²) in [5.41, 5.74) is -3.28. The van der Waals surface area contributed by atoms with Crippen LogP contribution in [0.3, 0.4) is 0 Å². The summed E-state index contributed by atoms with van der Waals surface area (Å²) >= 11 is 0. The van der Waals surface area contributed by atoms with Gasteiger partial charge in [0.25, 0.3) is 12.1 Å². The minimum absolute atomic E-state index is 0.283. The number of hydrogen-bond acceptors (Lipinski definition) is 7. The molecule has 1 fully saturated rings. The van der Waals surface area contributed by atoms with E-state index < -0.39 is 35.9 Å². The Morgan fingerprint density at radius 1 is 1.52 bits per heavy atom. The van der Waals surface area contributed by atoms with Crippen molar-refractivity contribution >= 4 is 24.1 Å². The Morgan fingerprint density at radius 3 is 2.87 bits per heavy atom. The third kappa shape index (κ3) is 3.47. The number of ether oxygens (including phenoxy) is 1. The number of esters is 1. The smallest absolute Gasteiger partial charge is 0.360 e. The zero-order chi connectivity index (χ0) is 17.0. The zero-order valence-electron chi connectivity index (χ0n) is 12.2. The van der Waals surface area contributed by atoms with Gasteiger partial charge in [-0.3, -0.25) is 15.4 Å². The van der Waals surface area contributed by atoms with Crippen LogP contribution in [-0.2, 0) is 19.2 Å². The molecule has 1 aromatic heterocycles. The number of rotatable bonds is 5. The Morgan fingerprint density at radius 2 is 2.26 bits per heavy atom. The maximum Gasteiger partial charge on any atom is 0.360 e. The largest absolute Gasteiger partial charge is 0.463 e. The van der Waals surface area contributed by atoms with Crippen molar-refractivity contribution in [3.8, 4) is 0 Å². The van der Waals surface area contributed by atoms with Crippen molar-refractivity contribution in [1.29, 1.82) is 0 Å². The minimum Gasteiger partial charge on any atom is -0.463 e. The topological polar surface area (TPSA) is 119 Å². The summed E-state index contributed by atoms with van der Waals surface area (Å²) in [5.74, 6) is -2.71. The Hall–Kier alpha value is -2.91. The lowest BCUT2D eigenvalue weighted by Gasteiger charge is -2.32. The minimum atomic E-state index is -3.28. The quantitative estimate of drug-likeness (QED) is 0.351. The van der Waals surface area contributed by atoms with Crippen molar-refractivity contribution in [3.05, 3.63) is 24.2 Å². The molecular weight excluding hydrogens is 313 g/mol. The highest BCUT2D eigenvalue weighted by Gasteiger charge is 2.61. The molecule has 10 heteroatoms. The third-order valence-electron chi connectivity index (χ3n) is 2.71. The van der Waals surface area contributed by atoms with Crippen molar-refractivity contribution in [2.75, 3.05) is 0 Å². The normalized spacial score (nSPS) is 24.4. The molecule has 2 rings (SSSR count). The first kappa shape index (κ1) is 16.5. The second-order valence-electron chi connectivity index (χ2n) is 4.83. The molecule has 9 nitrogen and oxygen atoms in total. The van der Waals surface area contributed by atoms with Gasteiger partial charge in [0.2, 0.25) is 0 Å². The van der Waals surface area contributed by atoms with E-state index in [2.05, 4.69) is 5.16 Å². The summed E-state index contributed by atoms with van der Waals surface area (Å²) in [6, 6.07) is 2.09. The van der Waals surface area contributed by atoms with Gasteiger partial charge in [0, 0.05) is 0 Å². The predicted octanol–water partition coefficient (Wildman–Crippen LogP) is 0.455. The number of carbonyl (C=O) groups is 3. The molecular formula is C13H14FN3O6. The molecule has 2 atom stereocenters. The fourth-order valence-electron chi connectivity index (χ4n) is 1.67. The van der Waals surface area contributed by atoms with Gasteiger partial charge >= 0.3 is 17.7 Å². The molecule has 0 saturated carbocycles. The van der Waals surface area contributed by atoms with E-state index in [-0.39, 0.29) is 5.76 Å². The first-order valence-electron chi connectivity index (χ1n) is 6.58. The van der Waals surface area contributed by atoms with Crippen LogP contribution in [0.2, 0.25) is 0 Å². The number of nitrogens with one attached hydrogen (secondary N) is 2. The van der Waals surface area contributed by atoms with E-state index >= 15 is 0 Å². The second kappa shape index (κ2) is 6.46. The fourth-order valence-corrected chi connectivity index (χ4v) is 1.67. The molecule has 2 N–H and O–H groups in total. The molecule has 2 unspecified atom stereocenters. The average Bonchev–Trinajstić information content (AvgIpc) is 2.96. The number of imide groups is 1. The van der Waals surface area contributed by atoms with Gasteiger partial charge in [-0.25, -0.2) is 14.0 Å². The molecule has 0 radical (unpaired) electrons. The maximum absolute atomic E-state index is 14.9. The monoisotopic (exact) mass is 327 g/mol. The van der Waals surface area contributed by atoms with E-state index in [4.69, 9.17) is 14.0 Å². The molecule has 23 heavy (non-hydrogen) atoms. The van der Waals surface area contributed by atoms with Crippen molar-refractivity contribution in [2.45, 2.75) is 31.8 Å². The first-order valence-corrected chi connectivity index (χ1v) is 6.58. The molecule has 1 aliphatic heterocycles. The van der Waals surface area contributed by atoms with E-state index in [0.29, 0.717) is 0 Å². The zero-order valence-corrected chi connectivity index (χ0v) is 12.2. The Bertz CT molecular complexity index is 630. The summed E-state index contributed by atoms with van der Waals surface area (Å²) in [7, 11) is 0. The van der Waals surface area contributed by atoms with E-state index in [9.17, 15) is 18.8 Å². The van der Waals surface area contributed by atoms with Gasteiger partial charge in [0.1, 0.15) is 12.0 Å². The molecule has 0 spiro atoms. The van der Waals surface area contributed by atoms with E-state index in [1.807, 2.05) is 5.32 Å². The predicted molar refractivity (Wildman–Crippen MR) is 72.9 cm³/mol. The van der Waals surface area contributed by atoms with Crippen molar-refractivity contribution in [1.82, 2.24) is 10.6 Å². The van der Waals surface area contributed by atoms with E-state index in [1.165, 1.54) is 26.2 Å². The molecule has 2 heterocycles. The molecule has 0 aromatic carbocycles. The SMILES string of the molecule is CC(C)OC(=O)C1(F)C(=O)NC(=O)NC1ON=Cc1ccco1. The second-order valence-corrected chi connectivity index (χ2v) is 4.83. The third-order valence-corrected chi connectivity index (χ3v) is 2.71. The summed E-state index contributed by atoms with van der Waals surface area (Å²) < 4.78 is 24.5. The number of furan rings is 1. The Labute approximate surface area is 129 Å². The number of oxime groups is 1. The number of halogens is 1. The van der Waals surface area contributed by atoms with Crippen LogP contribution in [0, 0.1) is 0 Å². The summed E-state index contributed by atoms with van der Waals surface area (Å²) in [6.45, 7) is 2.96. The fraction of sp³-hybridized carbons (Fsp3) is 0.385. The highest BCUT2D eigenvalue weighted by Crippen LogP contribution is 2.24. The van der Waals surface area contributed by atoms with Gasteiger partial charge in [-0.05, 0) is 26.0 Å². The number of nitrogens with zero attached hydrogens (tertiary/aromatic N) is 1. The van der Waals surface area contributed by atoms with Crippen molar-refractivity contribution < 1.29 is 32.8 Å². The molecule has 124 valence electrons. The van der Waals surface area contributed by atoms with E-state index in [1.54, 1.807) is 11.4 Å². The molecule has 0 bridgehead atoms. The molecule has 1 aromatic rings. The Kier molecular flexibility index (Phi) is 4.63.